The van der Waals surface area contributed by atoms with Gasteiger partial charge in [0.2, 0.25) is 0 Å². The summed E-state index contributed by atoms with van der Waals surface area (Å²) in [6, 6.07) is 2.12. The Bertz CT molecular complexity index is 602. The third-order valence-corrected chi connectivity index (χ3v) is 6.52. The summed E-state index contributed by atoms with van der Waals surface area (Å²) in [6.45, 7) is 1.24. The van der Waals surface area contributed by atoms with Gasteiger partial charge < -0.3 is 4.90 Å². The van der Waals surface area contributed by atoms with Crippen molar-refractivity contribution in [2.24, 2.45) is 11.8 Å². The fourth-order valence-corrected chi connectivity index (χ4v) is 4.96. The largest absolute Gasteiger partial charge is 0.416 e. The zero-order valence-electron chi connectivity index (χ0n) is 16.6. The summed E-state index contributed by atoms with van der Waals surface area (Å²) in [6.07, 6.45) is 1.17. The molecule has 0 aromatic heterocycles. The molecule has 164 valence electrons. The van der Waals surface area contributed by atoms with E-state index in [1.54, 1.807) is 0 Å². The van der Waals surface area contributed by atoms with E-state index in [2.05, 4.69) is 0 Å². The van der Waals surface area contributed by atoms with Crippen molar-refractivity contribution in [2.75, 3.05) is 13.1 Å². The van der Waals surface area contributed by atoms with Crippen LogP contribution in [0.25, 0.3) is 0 Å². The molecule has 0 radical (unpaired) electrons. The molecule has 2 aliphatic carbocycles. The normalized spacial score (nSPS) is 20.4. The summed E-state index contributed by atoms with van der Waals surface area (Å²) in [4.78, 5) is 0.792. The van der Waals surface area contributed by atoms with Gasteiger partial charge in [-0.2, -0.15) is 26.3 Å². The van der Waals surface area contributed by atoms with Gasteiger partial charge in [-0.3, -0.25) is 0 Å². The smallest absolute Gasteiger partial charge is 0.302 e. The third kappa shape index (κ3) is 6.37. The van der Waals surface area contributed by atoms with Crippen LogP contribution in [0.1, 0.15) is 75.3 Å². The maximum absolute atomic E-state index is 13.3. The molecule has 0 bridgehead atoms. The maximum Gasteiger partial charge on any atom is 0.416 e. The number of nitrogens with one attached hydrogen (secondary N) is 1. The van der Waals surface area contributed by atoms with Crippen LogP contribution in [0.15, 0.2) is 18.2 Å². The predicted octanol–water partition coefficient (Wildman–Crippen LogP) is 6.40. The van der Waals surface area contributed by atoms with Gasteiger partial charge in [0, 0.05) is 24.0 Å². The molecule has 1 nitrogen and oxygen atoms in total. The minimum atomic E-state index is -4.79. The highest BCUT2D eigenvalue weighted by Crippen LogP contribution is 2.37. The van der Waals surface area contributed by atoms with Crippen LogP contribution in [0.5, 0.6) is 0 Å². The predicted molar refractivity (Wildman–Crippen MR) is 100.0 cm³/mol. The lowest BCUT2D eigenvalue weighted by atomic mass is 9.86. The maximum atomic E-state index is 13.3. The standard InChI is InChI=1S/C22H29F6N/c23-21(24,25)18-11-19(22(26,27)28)13-20(12-18)29(14-16-7-3-1-4-8-16)15-17-9-5-2-6-10-17/h11-13,16-17H,1-10,14-15H2/p+1. The fraction of sp³-hybridized carbons (Fsp3) is 0.727. The number of quaternary nitrogens is 1. The second-order valence-corrected chi connectivity index (χ2v) is 8.81. The van der Waals surface area contributed by atoms with Crippen LogP contribution in [0.2, 0.25) is 0 Å². The molecule has 2 fully saturated rings. The average Bonchev–Trinajstić information content (AvgIpc) is 2.67. The minimum Gasteiger partial charge on any atom is -0.302 e. The van der Waals surface area contributed by atoms with Gasteiger partial charge in [-0.05, 0) is 31.7 Å². The van der Waals surface area contributed by atoms with E-state index in [-0.39, 0.29) is 11.8 Å². The van der Waals surface area contributed by atoms with Gasteiger partial charge >= 0.3 is 12.4 Å². The molecule has 0 amide bonds. The molecule has 1 N–H and O–H groups in total. The molecular weight excluding hydrogens is 392 g/mol. The van der Waals surface area contributed by atoms with Crippen molar-refractivity contribution >= 4 is 5.69 Å². The van der Waals surface area contributed by atoms with Gasteiger partial charge in [0.25, 0.3) is 0 Å². The summed E-state index contributed by atoms with van der Waals surface area (Å²) < 4.78 is 80.0. The van der Waals surface area contributed by atoms with Crippen molar-refractivity contribution in [2.45, 2.75) is 76.6 Å². The quantitative estimate of drug-likeness (QED) is 0.524. The summed E-state index contributed by atoms with van der Waals surface area (Å²) in [5.74, 6) is 0.734. The molecule has 29 heavy (non-hydrogen) atoms. The van der Waals surface area contributed by atoms with Crippen LogP contribution in [-0.4, -0.2) is 13.1 Å². The Morgan fingerprint density at radius 2 is 1.00 bits per heavy atom. The van der Waals surface area contributed by atoms with E-state index >= 15 is 0 Å². The Balaban J connectivity index is 1.93. The van der Waals surface area contributed by atoms with Crippen molar-refractivity contribution in [3.8, 4) is 0 Å². The number of halogens is 6. The van der Waals surface area contributed by atoms with Crippen LogP contribution >= 0.6 is 0 Å². The highest BCUT2D eigenvalue weighted by molar-refractivity contribution is 5.41. The van der Waals surface area contributed by atoms with Crippen molar-refractivity contribution in [3.63, 3.8) is 0 Å². The summed E-state index contributed by atoms with van der Waals surface area (Å²) in [7, 11) is 0. The Morgan fingerprint density at radius 1 is 0.621 bits per heavy atom. The number of hydrogen-bond donors (Lipinski definition) is 1. The molecule has 1 aromatic rings. The van der Waals surface area contributed by atoms with E-state index in [0.717, 1.165) is 81.2 Å². The first-order chi connectivity index (χ1) is 13.6. The molecule has 2 saturated carbocycles. The van der Waals surface area contributed by atoms with E-state index in [0.29, 0.717) is 24.9 Å². The second-order valence-electron chi connectivity index (χ2n) is 8.81. The molecule has 0 spiro atoms. The second kappa shape index (κ2) is 9.27. The molecule has 2 aliphatic rings. The summed E-state index contributed by atoms with van der Waals surface area (Å²) in [5, 5.41) is 0. The first kappa shape index (κ1) is 22.4. The highest BCUT2D eigenvalue weighted by Gasteiger charge is 2.39. The highest BCUT2D eigenvalue weighted by atomic mass is 19.4. The molecule has 1 aromatic carbocycles. The SMILES string of the molecule is FC(F)(F)c1cc([NH+](CC2CCCCC2)CC2CCCCC2)cc(C(F)(F)F)c1. The monoisotopic (exact) mass is 422 g/mol. The molecule has 7 heteroatoms. The molecule has 0 saturated heterocycles. The average molecular weight is 422 g/mol. The molecule has 0 unspecified atom stereocenters. The van der Waals surface area contributed by atoms with E-state index in [1.165, 1.54) is 0 Å². The topological polar surface area (TPSA) is 4.44 Å². The van der Waals surface area contributed by atoms with Crippen LogP contribution in [0.4, 0.5) is 32.0 Å². The van der Waals surface area contributed by atoms with E-state index < -0.39 is 23.5 Å². The van der Waals surface area contributed by atoms with Gasteiger partial charge in [0.1, 0.15) is 5.69 Å². The zero-order chi connectivity index (χ0) is 21.1. The fourth-order valence-electron chi connectivity index (χ4n) is 4.96. The number of hydrogen-bond acceptors (Lipinski definition) is 0. The van der Waals surface area contributed by atoms with E-state index in [9.17, 15) is 26.3 Å². The third-order valence-electron chi connectivity index (χ3n) is 6.52. The van der Waals surface area contributed by atoms with E-state index in [4.69, 9.17) is 0 Å². The van der Waals surface area contributed by atoms with E-state index in [1.807, 2.05) is 0 Å². The van der Waals surface area contributed by atoms with Gasteiger partial charge in [-0.1, -0.05) is 38.5 Å². The molecule has 0 atom stereocenters. The van der Waals surface area contributed by atoms with Gasteiger partial charge in [-0.15, -0.1) is 0 Å². The van der Waals surface area contributed by atoms with Crippen molar-refractivity contribution in [3.05, 3.63) is 29.3 Å². The first-order valence-corrected chi connectivity index (χ1v) is 10.8. The summed E-state index contributed by atoms with van der Waals surface area (Å²) >= 11 is 0. The molecule has 0 heterocycles. The lowest BCUT2D eigenvalue weighted by Crippen LogP contribution is -3.08. The van der Waals surface area contributed by atoms with Crippen molar-refractivity contribution < 1.29 is 31.2 Å². The number of benzene rings is 1. The Labute approximate surface area is 168 Å². The summed E-state index contributed by atoms with van der Waals surface area (Å²) in [5.41, 5.74) is -2.26. The molecule has 3 rings (SSSR count). The van der Waals surface area contributed by atoms with Crippen LogP contribution < -0.4 is 4.90 Å². The molecular formula is C22H30F6N+. The van der Waals surface area contributed by atoms with Crippen molar-refractivity contribution in [1.29, 1.82) is 0 Å². The Hall–Kier alpha value is -1.24. The van der Waals surface area contributed by atoms with Gasteiger partial charge in [0.05, 0.1) is 24.2 Å². The van der Waals surface area contributed by atoms with Gasteiger partial charge in [0.15, 0.2) is 0 Å². The Morgan fingerprint density at radius 3 is 1.34 bits per heavy atom. The first-order valence-electron chi connectivity index (χ1n) is 10.8. The Kier molecular flexibility index (Phi) is 7.18. The number of alkyl halides is 6. The van der Waals surface area contributed by atoms with Crippen molar-refractivity contribution in [1.82, 2.24) is 0 Å². The van der Waals surface area contributed by atoms with Crippen LogP contribution in [-0.2, 0) is 12.4 Å². The lowest BCUT2D eigenvalue weighted by molar-refractivity contribution is -0.841. The van der Waals surface area contributed by atoms with Crippen LogP contribution in [0, 0.1) is 11.8 Å². The lowest BCUT2D eigenvalue weighted by Gasteiger charge is -2.31. The van der Waals surface area contributed by atoms with Crippen LogP contribution in [0.3, 0.4) is 0 Å². The van der Waals surface area contributed by atoms with Gasteiger partial charge in [-0.25, -0.2) is 0 Å². The molecule has 0 aliphatic heterocycles. The zero-order valence-corrected chi connectivity index (χ0v) is 16.6. The minimum absolute atomic E-state index is 0.142. The number of rotatable bonds is 5.